The van der Waals surface area contributed by atoms with Gasteiger partial charge in [-0.05, 0) is 30.9 Å². The second kappa shape index (κ2) is 3.57. The Labute approximate surface area is 97.0 Å². The molecular weight excluding hydrogens is 198 g/mol. The van der Waals surface area contributed by atoms with Gasteiger partial charge in [-0.2, -0.15) is 0 Å². The molecule has 0 amide bonds. The molecule has 3 rings (SSSR count). The molecule has 1 heterocycles. The summed E-state index contributed by atoms with van der Waals surface area (Å²) in [6.45, 7) is 2.92. The smallest absolute Gasteiger partial charge is 0.0591 e. The molecule has 1 aliphatic carbocycles. The quantitative estimate of drug-likeness (QED) is 0.832. The first-order valence-electron chi connectivity index (χ1n) is 6.11. The van der Waals surface area contributed by atoms with E-state index >= 15 is 0 Å². The van der Waals surface area contributed by atoms with E-state index < -0.39 is 0 Å². The minimum absolute atomic E-state index is 0.289. The van der Waals surface area contributed by atoms with Gasteiger partial charge in [-0.25, -0.2) is 0 Å². The minimum atomic E-state index is 0.289. The van der Waals surface area contributed by atoms with Gasteiger partial charge in [-0.15, -0.1) is 0 Å². The molecule has 1 saturated carbocycles. The van der Waals surface area contributed by atoms with Gasteiger partial charge in [-0.1, -0.05) is 30.3 Å². The Morgan fingerprint density at radius 3 is 2.31 bits per heavy atom. The predicted octanol–water partition coefficient (Wildman–Crippen LogP) is 1.95. The maximum absolute atomic E-state index is 5.54. The van der Waals surface area contributed by atoms with Crippen molar-refractivity contribution < 1.29 is 4.74 Å². The van der Waals surface area contributed by atoms with Gasteiger partial charge in [0, 0.05) is 12.0 Å². The summed E-state index contributed by atoms with van der Waals surface area (Å²) in [6.07, 6.45) is 2.68. The van der Waals surface area contributed by atoms with Crippen molar-refractivity contribution >= 4 is 0 Å². The first-order valence-corrected chi connectivity index (χ1v) is 6.11. The van der Waals surface area contributed by atoms with Crippen LogP contribution in [-0.4, -0.2) is 26.8 Å². The van der Waals surface area contributed by atoms with Gasteiger partial charge in [0.05, 0.1) is 13.2 Å². The molecule has 2 nitrogen and oxygen atoms in total. The SMILES string of the molecule is CNCC1(C2(c3ccccc3)COC2)CC1. The highest BCUT2D eigenvalue weighted by Gasteiger charge is 2.62. The number of rotatable bonds is 4. The first-order chi connectivity index (χ1) is 7.83. The molecule has 1 aromatic rings. The number of ether oxygens (including phenoxy) is 1. The third-order valence-corrected chi connectivity index (χ3v) is 4.41. The van der Waals surface area contributed by atoms with Crippen LogP contribution in [0.5, 0.6) is 0 Å². The molecule has 0 unspecified atom stereocenters. The summed E-state index contributed by atoms with van der Waals surface area (Å²) >= 11 is 0. The zero-order valence-electron chi connectivity index (χ0n) is 9.83. The predicted molar refractivity (Wildman–Crippen MR) is 64.5 cm³/mol. The van der Waals surface area contributed by atoms with Crippen LogP contribution >= 0.6 is 0 Å². The van der Waals surface area contributed by atoms with Gasteiger partial charge in [0.1, 0.15) is 0 Å². The third kappa shape index (κ3) is 1.26. The van der Waals surface area contributed by atoms with E-state index in [2.05, 4.69) is 42.7 Å². The topological polar surface area (TPSA) is 21.3 Å². The average Bonchev–Trinajstić information content (AvgIpc) is 2.99. The van der Waals surface area contributed by atoms with Crippen LogP contribution in [-0.2, 0) is 10.2 Å². The molecule has 1 aromatic carbocycles. The Balaban J connectivity index is 1.95. The molecule has 1 aliphatic heterocycles. The molecule has 1 saturated heterocycles. The van der Waals surface area contributed by atoms with E-state index in [1.54, 1.807) is 0 Å². The van der Waals surface area contributed by atoms with Crippen LogP contribution in [0.25, 0.3) is 0 Å². The monoisotopic (exact) mass is 217 g/mol. The summed E-state index contributed by atoms with van der Waals surface area (Å²) in [7, 11) is 2.05. The van der Waals surface area contributed by atoms with Gasteiger partial charge in [-0.3, -0.25) is 0 Å². The van der Waals surface area contributed by atoms with Gasteiger partial charge in [0.25, 0.3) is 0 Å². The molecule has 0 aromatic heterocycles. The summed E-state index contributed by atoms with van der Waals surface area (Å²) < 4.78 is 5.54. The van der Waals surface area contributed by atoms with Crippen LogP contribution in [0.15, 0.2) is 30.3 Å². The zero-order chi connectivity index (χ0) is 11.1. The fourth-order valence-electron chi connectivity index (χ4n) is 3.16. The maximum Gasteiger partial charge on any atom is 0.0591 e. The summed E-state index contributed by atoms with van der Waals surface area (Å²) in [5.74, 6) is 0. The lowest BCUT2D eigenvalue weighted by atomic mass is 9.66. The highest BCUT2D eigenvalue weighted by molar-refractivity contribution is 5.34. The van der Waals surface area contributed by atoms with Gasteiger partial charge in [0.15, 0.2) is 0 Å². The van der Waals surface area contributed by atoms with Gasteiger partial charge in [0.2, 0.25) is 0 Å². The van der Waals surface area contributed by atoms with Crippen LogP contribution in [0.2, 0.25) is 0 Å². The lowest BCUT2D eigenvalue weighted by Gasteiger charge is -2.48. The van der Waals surface area contributed by atoms with Crippen molar-refractivity contribution in [3.63, 3.8) is 0 Å². The Bertz CT molecular complexity index is 366. The highest BCUT2D eigenvalue weighted by Crippen LogP contribution is 2.61. The third-order valence-electron chi connectivity index (χ3n) is 4.41. The molecule has 0 radical (unpaired) electrons. The summed E-state index contributed by atoms with van der Waals surface area (Å²) in [5, 5.41) is 3.36. The van der Waals surface area contributed by atoms with Gasteiger partial charge >= 0.3 is 0 Å². The second-order valence-corrected chi connectivity index (χ2v) is 5.25. The van der Waals surface area contributed by atoms with E-state index in [1.165, 1.54) is 18.4 Å². The molecule has 2 aliphatic rings. The van der Waals surface area contributed by atoms with Crippen molar-refractivity contribution in [2.75, 3.05) is 26.8 Å². The molecule has 16 heavy (non-hydrogen) atoms. The van der Waals surface area contributed by atoms with E-state index in [0.717, 1.165) is 19.8 Å². The van der Waals surface area contributed by atoms with Crippen molar-refractivity contribution in [1.82, 2.24) is 5.32 Å². The minimum Gasteiger partial charge on any atom is -0.379 e. The summed E-state index contributed by atoms with van der Waals surface area (Å²) in [6, 6.07) is 10.9. The van der Waals surface area contributed by atoms with Crippen LogP contribution < -0.4 is 5.32 Å². The van der Waals surface area contributed by atoms with Crippen molar-refractivity contribution in [3.8, 4) is 0 Å². The van der Waals surface area contributed by atoms with Crippen molar-refractivity contribution in [2.45, 2.75) is 18.3 Å². The zero-order valence-corrected chi connectivity index (χ0v) is 9.83. The number of hydrogen-bond donors (Lipinski definition) is 1. The fraction of sp³-hybridized carbons (Fsp3) is 0.571. The number of nitrogens with one attached hydrogen (secondary N) is 1. The molecular formula is C14H19NO. The van der Waals surface area contributed by atoms with E-state index in [-0.39, 0.29) is 5.41 Å². The second-order valence-electron chi connectivity index (χ2n) is 5.25. The molecule has 0 atom stereocenters. The molecule has 0 spiro atoms. The van der Waals surface area contributed by atoms with Crippen LogP contribution in [0.4, 0.5) is 0 Å². The molecule has 0 bridgehead atoms. The van der Waals surface area contributed by atoms with Crippen molar-refractivity contribution in [1.29, 1.82) is 0 Å². The highest BCUT2D eigenvalue weighted by atomic mass is 16.5. The number of hydrogen-bond acceptors (Lipinski definition) is 2. The first kappa shape index (κ1) is 10.3. The Morgan fingerprint density at radius 2 is 1.88 bits per heavy atom. The lowest BCUT2D eigenvalue weighted by Crippen LogP contribution is -2.56. The van der Waals surface area contributed by atoms with E-state index in [0.29, 0.717) is 5.41 Å². The Hall–Kier alpha value is -0.860. The molecule has 86 valence electrons. The lowest BCUT2D eigenvalue weighted by molar-refractivity contribution is -0.0986. The van der Waals surface area contributed by atoms with Crippen LogP contribution in [0.1, 0.15) is 18.4 Å². The maximum atomic E-state index is 5.54. The molecule has 2 fully saturated rings. The summed E-state index contributed by atoms with van der Waals surface area (Å²) in [5.41, 5.74) is 2.22. The average molecular weight is 217 g/mol. The van der Waals surface area contributed by atoms with Crippen molar-refractivity contribution in [2.24, 2.45) is 5.41 Å². The number of benzene rings is 1. The van der Waals surface area contributed by atoms with Crippen LogP contribution in [0.3, 0.4) is 0 Å². The Kier molecular flexibility index (Phi) is 2.30. The van der Waals surface area contributed by atoms with Crippen LogP contribution in [0, 0.1) is 5.41 Å². The standard InChI is InChI=1S/C14H19NO/c1-15-9-13(7-8-13)14(10-16-11-14)12-5-3-2-4-6-12/h2-6,15H,7-11H2,1H3. The molecule has 2 heteroatoms. The largest absolute Gasteiger partial charge is 0.379 e. The van der Waals surface area contributed by atoms with E-state index in [9.17, 15) is 0 Å². The van der Waals surface area contributed by atoms with Crippen molar-refractivity contribution in [3.05, 3.63) is 35.9 Å². The van der Waals surface area contributed by atoms with Gasteiger partial charge < -0.3 is 10.1 Å². The molecule has 1 N–H and O–H groups in total. The Morgan fingerprint density at radius 1 is 1.19 bits per heavy atom. The normalized spacial score (nSPS) is 24.8. The fourth-order valence-corrected chi connectivity index (χ4v) is 3.16. The van der Waals surface area contributed by atoms with E-state index in [1.807, 2.05) is 0 Å². The van der Waals surface area contributed by atoms with E-state index in [4.69, 9.17) is 4.74 Å². The summed E-state index contributed by atoms with van der Waals surface area (Å²) in [4.78, 5) is 0.